The third-order valence-corrected chi connectivity index (χ3v) is 3.42. The Balaban J connectivity index is 2.33. The Morgan fingerprint density at radius 1 is 1.29 bits per heavy atom. The van der Waals surface area contributed by atoms with Gasteiger partial charge in [0.05, 0.1) is 11.8 Å². The molecule has 0 N–H and O–H groups in total. The zero-order chi connectivity index (χ0) is 15.6. The second kappa shape index (κ2) is 5.97. The van der Waals surface area contributed by atoms with E-state index in [-0.39, 0.29) is 11.6 Å². The van der Waals surface area contributed by atoms with Crippen LogP contribution in [0.25, 0.3) is 0 Å². The lowest BCUT2D eigenvalue weighted by Crippen LogP contribution is -2.21. The Bertz CT molecular complexity index is 622. The number of nitrogens with zero attached hydrogens (tertiary/aromatic N) is 3. The fraction of sp³-hybridized carbons (Fsp3) is 0.357. The molecule has 0 spiro atoms. The summed E-state index contributed by atoms with van der Waals surface area (Å²) in [6, 6.07) is 4.16. The number of alkyl halides is 4. The summed E-state index contributed by atoms with van der Waals surface area (Å²) >= 11 is 5.62. The van der Waals surface area contributed by atoms with Crippen LogP contribution in [0.4, 0.5) is 18.9 Å². The van der Waals surface area contributed by atoms with E-state index in [0.29, 0.717) is 12.1 Å². The molecular formula is C14H15ClF3N3. The van der Waals surface area contributed by atoms with Crippen molar-refractivity contribution in [2.45, 2.75) is 18.6 Å². The molecule has 1 aromatic carbocycles. The predicted molar refractivity (Wildman–Crippen MR) is 76.3 cm³/mol. The molecule has 0 saturated heterocycles. The molecule has 0 aliphatic carbocycles. The van der Waals surface area contributed by atoms with E-state index in [4.69, 9.17) is 11.6 Å². The van der Waals surface area contributed by atoms with Crippen molar-refractivity contribution < 1.29 is 13.2 Å². The molecule has 0 aliphatic heterocycles. The summed E-state index contributed by atoms with van der Waals surface area (Å²) in [7, 11) is 3.39. The molecule has 0 amide bonds. The van der Waals surface area contributed by atoms with Crippen molar-refractivity contribution in [3.63, 3.8) is 0 Å². The van der Waals surface area contributed by atoms with Crippen LogP contribution < -0.4 is 4.90 Å². The summed E-state index contributed by atoms with van der Waals surface area (Å²) in [6.45, 7) is 0.344. The fourth-order valence-electron chi connectivity index (χ4n) is 2.14. The highest BCUT2D eigenvalue weighted by Crippen LogP contribution is 2.37. The van der Waals surface area contributed by atoms with Gasteiger partial charge in [-0.25, -0.2) is 0 Å². The third kappa shape index (κ3) is 3.69. The Morgan fingerprint density at radius 3 is 2.52 bits per heavy atom. The Labute approximate surface area is 125 Å². The van der Waals surface area contributed by atoms with E-state index in [1.165, 1.54) is 6.07 Å². The number of hydrogen-bond donors (Lipinski definition) is 0. The van der Waals surface area contributed by atoms with Crippen molar-refractivity contribution in [1.29, 1.82) is 0 Å². The number of aryl methyl sites for hydroxylation is 1. The topological polar surface area (TPSA) is 21.1 Å². The lowest BCUT2D eigenvalue weighted by molar-refractivity contribution is -0.137. The van der Waals surface area contributed by atoms with Crippen LogP contribution in [-0.2, 0) is 25.6 Å². The molecule has 7 heteroatoms. The first kappa shape index (κ1) is 15.7. The van der Waals surface area contributed by atoms with Crippen molar-refractivity contribution in [2.75, 3.05) is 11.9 Å². The fourth-order valence-corrected chi connectivity index (χ4v) is 2.31. The zero-order valence-electron chi connectivity index (χ0n) is 11.7. The highest BCUT2D eigenvalue weighted by Gasteiger charge is 2.34. The minimum Gasteiger partial charge on any atom is -0.370 e. The molecular weight excluding hydrogens is 303 g/mol. The van der Waals surface area contributed by atoms with E-state index in [1.807, 2.05) is 0 Å². The molecule has 2 aromatic rings. The van der Waals surface area contributed by atoms with E-state index in [9.17, 15) is 13.2 Å². The second-order valence-electron chi connectivity index (χ2n) is 4.86. The minimum atomic E-state index is -4.42. The van der Waals surface area contributed by atoms with Gasteiger partial charge in [0.1, 0.15) is 0 Å². The molecule has 1 heterocycles. The maximum Gasteiger partial charge on any atom is 0.418 e. The first-order chi connectivity index (χ1) is 9.81. The summed E-state index contributed by atoms with van der Waals surface area (Å²) < 4.78 is 41.2. The zero-order valence-corrected chi connectivity index (χ0v) is 12.4. The Hall–Kier alpha value is -1.69. The van der Waals surface area contributed by atoms with Gasteiger partial charge in [0.2, 0.25) is 0 Å². The Kier molecular flexibility index (Phi) is 4.46. The first-order valence-electron chi connectivity index (χ1n) is 6.26. The van der Waals surface area contributed by atoms with E-state index >= 15 is 0 Å². The molecule has 0 atom stereocenters. The number of benzene rings is 1. The van der Waals surface area contributed by atoms with Gasteiger partial charge in [-0.2, -0.15) is 18.3 Å². The molecule has 114 valence electrons. The summed E-state index contributed by atoms with van der Waals surface area (Å²) in [4.78, 5) is 1.55. The van der Waals surface area contributed by atoms with Gasteiger partial charge in [-0.15, -0.1) is 11.6 Å². The van der Waals surface area contributed by atoms with Crippen LogP contribution in [-0.4, -0.2) is 16.8 Å². The molecule has 0 bridgehead atoms. The second-order valence-corrected chi connectivity index (χ2v) is 5.13. The van der Waals surface area contributed by atoms with Gasteiger partial charge >= 0.3 is 6.18 Å². The van der Waals surface area contributed by atoms with Gasteiger partial charge in [-0.05, 0) is 17.7 Å². The average molecular weight is 318 g/mol. The maximum absolute atomic E-state index is 13.2. The first-order valence-corrected chi connectivity index (χ1v) is 6.79. The summed E-state index contributed by atoms with van der Waals surface area (Å²) in [5, 5.41) is 4.01. The summed E-state index contributed by atoms with van der Waals surface area (Å²) in [6.07, 6.45) is -1.01. The van der Waals surface area contributed by atoms with Crippen LogP contribution in [0.2, 0.25) is 0 Å². The van der Waals surface area contributed by atoms with Gasteiger partial charge in [-0.1, -0.05) is 6.07 Å². The Morgan fingerprint density at radius 2 is 2.00 bits per heavy atom. The van der Waals surface area contributed by atoms with Crippen LogP contribution in [0.3, 0.4) is 0 Å². The smallest absolute Gasteiger partial charge is 0.370 e. The molecule has 0 aliphatic rings. The van der Waals surface area contributed by atoms with Gasteiger partial charge in [0, 0.05) is 44.0 Å². The largest absolute Gasteiger partial charge is 0.418 e. The number of hydrogen-bond acceptors (Lipinski definition) is 2. The normalized spacial score (nSPS) is 11.7. The monoisotopic (exact) mass is 317 g/mol. The summed E-state index contributed by atoms with van der Waals surface area (Å²) in [5.74, 6) is 0.0513. The maximum atomic E-state index is 13.2. The average Bonchev–Trinajstić information content (AvgIpc) is 2.82. The minimum absolute atomic E-state index is 0.0513. The molecule has 0 saturated carbocycles. The quantitative estimate of drug-likeness (QED) is 0.799. The van der Waals surface area contributed by atoms with Crippen molar-refractivity contribution >= 4 is 17.3 Å². The van der Waals surface area contributed by atoms with Crippen molar-refractivity contribution in [3.05, 3.63) is 47.3 Å². The lowest BCUT2D eigenvalue weighted by Gasteiger charge is -2.23. The molecule has 0 unspecified atom stereocenters. The number of halogens is 4. The van der Waals surface area contributed by atoms with Gasteiger partial charge in [-0.3, -0.25) is 4.68 Å². The molecule has 1 aromatic heterocycles. The van der Waals surface area contributed by atoms with Crippen LogP contribution in [0.1, 0.15) is 16.7 Å². The lowest BCUT2D eigenvalue weighted by atomic mass is 10.1. The van der Waals surface area contributed by atoms with Crippen LogP contribution in [0, 0.1) is 0 Å². The molecule has 2 rings (SSSR count). The van der Waals surface area contributed by atoms with E-state index in [1.54, 1.807) is 42.1 Å². The molecule has 21 heavy (non-hydrogen) atoms. The van der Waals surface area contributed by atoms with E-state index in [0.717, 1.165) is 11.6 Å². The number of aromatic nitrogens is 2. The van der Waals surface area contributed by atoms with Crippen LogP contribution >= 0.6 is 11.6 Å². The van der Waals surface area contributed by atoms with Crippen molar-refractivity contribution in [2.24, 2.45) is 7.05 Å². The number of anilines is 1. The summed E-state index contributed by atoms with van der Waals surface area (Å²) in [5.41, 5.74) is 0.740. The highest BCUT2D eigenvalue weighted by molar-refractivity contribution is 6.17. The van der Waals surface area contributed by atoms with E-state index in [2.05, 4.69) is 5.10 Å². The number of rotatable bonds is 4. The molecule has 0 radical (unpaired) electrons. The van der Waals surface area contributed by atoms with Crippen molar-refractivity contribution in [3.8, 4) is 0 Å². The van der Waals surface area contributed by atoms with Gasteiger partial charge in [0.25, 0.3) is 0 Å². The predicted octanol–water partition coefficient (Wildman–Crippen LogP) is 3.81. The van der Waals surface area contributed by atoms with Crippen LogP contribution in [0.5, 0.6) is 0 Å². The van der Waals surface area contributed by atoms with Gasteiger partial charge < -0.3 is 4.90 Å². The SMILES string of the molecule is CN(Cc1cnn(C)c1)c1ccc(CCl)cc1C(F)(F)F. The molecule has 0 fully saturated rings. The standard InChI is InChI=1S/C14H15ClF3N3/c1-20(8-11-7-19-21(2)9-11)13-4-3-10(6-15)5-12(13)14(16,17)18/h3-5,7,9H,6,8H2,1-2H3. The third-order valence-electron chi connectivity index (χ3n) is 3.11. The van der Waals surface area contributed by atoms with Crippen molar-refractivity contribution in [1.82, 2.24) is 9.78 Å². The van der Waals surface area contributed by atoms with E-state index < -0.39 is 11.7 Å². The van der Waals surface area contributed by atoms with Crippen LogP contribution in [0.15, 0.2) is 30.6 Å². The molecule has 3 nitrogen and oxygen atoms in total. The van der Waals surface area contributed by atoms with Gasteiger partial charge in [0.15, 0.2) is 0 Å². The highest BCUT2D eigenvalue weighted by atomic mass is 35.5.